The average Bonchev–Trinajstić information content (AvgIpc) is 3.07. The van der Waals surface area contributed by atoms with Gasteiger partial charge in [-0.15, -0.1) is 6.58 Å². The lowest BCUT2D eigenvalue weighted by Crippen LogP contribution is -2.56. The molecule has 0 radical (unpaired) electrons. The van der Waals surface area contributed by atoms with Crippen LogP contribution in [0.2, 0.25) is 0 Å². The van der Waals surface area contributed by atoms with E-state index in [0.29, 0.717) is 25.0 Å². The third-order valence-corrected chi connectivity index (χ3v) is 6.55. The van der Waals surface area contributed by atoms with Crippen molar-refractivity contribution in [2.24, 2.45) is 5.92 Å². The van der Waals surface area contributed by atoms with Crippen LogP contribution in [0.3, 0.4) is 0 Å². The van der Waals surface area contributed by atoms with Crippen molar-refractivity contribution in [2.75, 3.05) is 20.3 Å². The van der Waals surface area contributed by atoms with E-state index in [2.05, 4.69) is 31.7 Å². The van der Waals surface area contributed by atoms with Gasteiger partial charge in [0.1, 0.15) is 11.4 Å². The van der Waals surface area contributed by atoms with Crippen LogP contribution in [0.15, 0.2) is 30.9 Å². The van der Waals surface area contributed by atoms with Crippen LogP contribution in [0, 0.1) is 5.92 Å². The lowest BCUT2D eigenvalue weighted by Gasteiger charge is -2.48. The number of fused-ring (bicyclic) bond motifs is 5. The molecule has 0 amide bonds. The molecule has 5 atom stereocenters. The van der Waals surface area contributed by atoms with Gasteiger partial charge in [0.15, 0.2) is 0 Å². The van der Waals surface area contributed by atoms with Gasteiger partial charge >= 0.3 is 0 Å². The highest BCUT2D eigenvalue weighted by atomic mass is 16.6. The molecule has 130 valence electrons. The maximum Gasteiger partial charge on any atom is 0.119 e. The standard InChI is InChI=1S/C21H28O3/c1-4-10-21-14(2)19-13-15(22-3)8-9-17(19)16-6-5-7-18(16)20(21)23-11-12-24-21/h4,8-9,13-14,16,18,20H,1,5-7,10-12H2,2-3H3/t14-,16+,18?,20?,21-/m0/s1. The molecule has 2 aliphatic carbocycles. The van der Waals surface area contributed by atoms with Gasteiger partial charge in [-0.1, -0.05) is 25.5 Å². The Bertz CT molecular complexity index is 626. The fraction of sp³-hybridized carbons (Fsp3) is 0.619. The van der Waals surface area contributed by atoms with Crippen molar-refractivity contribution in [3.8, 4) is 5.75 Å². The van der Waals surface area contributed by atoms with Crippen LogP contribution in [-0.2, 0) is 9.47 Å². The van der Waals surface area contributed by atoms with E-state index in [-0.39, 0.29) is 17.6 Å². The van der Waals surface area contributed by atoms with E-state index in [1.807, 2.05) is 6.08 Å². The second-order valence-corrected chi connectivity index (χ2v) is 7.51. The summed E-state index contributed by atoms with van der Waals surface area (Å²) in [7, 11) is 1.74. The van der Waals surface area contributed by atoms with Gasteiger partial charge in [-0.25, -0.2) is 0 Å². The Labute approximate surface area is 145 Å². The molecule has 0 aromatic heterocycles. The highest BCUT2D eigenvalue weighted by molar-refractivity contribution is 5.44. The van der Waals surface area contributed by atoms with Gasteiger partial charge in [-0.05, 0) is 54.4 Å². The fourth-order valence-corrected chi connectivity index (χ4v) is 5.46. The first kappa shape index (κ1) is 16.2. The van der Waals surface area contributed by atoms with Gasteiger partial charge in [0.2, 0.25) is 0 Å². The van der Waals surface area contributed by atoms with Gasteiger partial charge in [0.25, 0.3) is 0 Å². The topological polar surface area (TPSA) is 27.7 Å². The first-order valence-electron chi connectivity index (χ1n) is 9.25. The number of benzene rings is 1. The van der Waals surface area contributed by atoms with Crippen LogP contribution in [0.1, 0.15) is 55.6 Å². The molecule has 2 fully saturated rings. The van der Waals surface area contributed by atoms with Gasteiger partial charge in [-0.3, -0.25) is 0 Å². The Kier molecular flexibility index (Phi) is 4.17. The summed E-state index contributed by atoms with van der Waals surface area (Å²) in [6.07, 6.45) is 6.76. The Morgan fingerprint density at radius 2 is 2.17 bits per heavy atom. The minimum Gasteiger partial charge on any atom is -0.497 e. The first-order valence-corrected chi connectivity index (χ1v) is 9.25. The Balaban J connectivity index is 1.90. The molecule has 1 saturated carbocycles. The molecule has 1 aromatic rings. The maximum atomic E-state index is 6.50. The summed E-state index contributed by atoms with van der Waals surface area (Å²) >= 11 is 0. The van der Waals surface area contributed by atoms with Crippen molar-refractivity contribution < 1.29 is 14.2 Å². The summed E-state index contributed by atoms with van der Waals surface area (Å²) in [6, 6.07) is 6.62. The van der Waals surface area contributed by atoms with Gasteiger partial charge in [0, 0.05) is 5.92 Å². The molecule has 1 aromatic carbocycles. The molecule has 1 heterocycles. The summed E-state index contributed by atoms with van der Waals surface area (Å²) in [4.78, 5) is 0. The predicted molar refractivity (Wildman–Crippen MR) is 94.7 cm³/mol. The number of methoxy groups -OCH3 is 1. The van der Waals surface area contributed by atoms with Crippen LogP contribution in [-0.4, -0.2) is 32.0 Å². The van der Waals surface area contributed by atoms with Crippen LogP contribution in [0.5, 0.6) is 5.75 Å². The molecule has 0 spiro atoms. The molecule has 1 aliphatic heterocycles. The van der Waals surface area contributed by atoms with E-state index in [4.69, 9.17) is 14.2 Å². The molecule has 0 bridgehead atoms. The first-order chi connectivity index (χ1) is 11.7. The Hall–Kier alpha value is -1.32. The number of ether oxygens (including phenoxy) is 3. The highest BCUT2D eigenvalue weighted by Crippen LogP contribution is 2.56. The SMILES string of the molecule is C=CC[C@@]12OCCOC1C1CCC[C@@H]1c1ccc(OC)cc1[C@@H]2C. The van der Waals surface area contributed by atoms with Gasteiger partial charge < -0.3 is 14.2 Å². The summed E-state index contributed by atoms with van der Waals surface area (Å²) in [6.45, 7) is 7.70. The summed E-state index contributed by atoms with van der Waals surface area (Å²) in [5.41, 5.74) is 2.56. The number of hydrogen-bond acceptors (Lipinski definition) is 3. The lowest BCUT2D eigenvalue weighted by molar-refractivity contribution is -0.225. The molecule has 0 N–H and O–H groups in total. The van der Waals surface area contributed by atoms with Crippen LogP contribution >= 0.6 is 0 Å². The predicted octanol–water partition coefficient (Wildman–Crippen LogP) is 4.43. The smallest absolute Gasteiger partial charge is 0.119 e. The monoisotopic (exact) mass is 328 g/mol. The third kappa shape index (κ3) is 2.25. The lowest BCUT2D eigenvalue weighted by atomic mass is 9.74. The zero-order chi connectivity index (χ0) is 16.7. The second-order valence-electron chi connectivity index (χ2n) is 7.51. The van der Waals surface area contributed by atoms with Crippen molar-refractivity contribution >= 4 is 0 Å². The quantitative estimate of drug-likeness (QED) is 0.769. The molecule has 2 unspecified atom stereocenters. The van der Waals surface area contributed by atoms with Crippen LogP contribution in [0.4, 0.5) is 0 Å². The molecule has 4 rings (SSSR count). The third-order valence-electron chi connectivity index (χ3n) is 6.55. The average molecular weight is 328 g/mol. The van der Waals surface area contributed by atoms with Crippen molar-refractivity contribution in [1.82, 2.24) is 0 Å². The van der Waals surface area contributed by atoms with Crippen LogP contribution in [0.25, 0.3) is 0 Å². The molecule has 24 heavy (non-hydrogen) atoms. The zero-order valence-corrected chi connectivity index (χ0v) is 14.8. The molecular weight excluding hydrogens is 300 g/mol. The fourth-order valence-electron chi connectivity index (χ4n) is 5.46. The Morgan fingerprint density at radius 1 is 1.29 bits per heavy atom. The second kappa shape index (κ2) is 6.20. The van der Waals surface area contributed by atoms with Crippen molar-refractivity contribution in [3.63, 3.8) is 0 Å². The van der Waals surface area contributed by atoms with Crippen molar-refractivity contribution in [1.29, 1.82) is 0 Å². The van der Waals surface area contributed by atoms with Crippen molar-refractivity contribution in [3.05, 3.63) is 42.0 Å². The minimum atomic E-state index is -0.301. The Morgan fingerprint density at radius 3 is 2.96 bits per heavy atom. The largest absolute Gasteiger partial charge is 0.497 e. The van der Waals surface area contributed by atoms with Gasteiger partial charge in [0.05, 0.1) is 26.4 Å². The van der Waals surface area contributed by atoms with Crippen LogP contribution < -0.4 is 4.74 Å². The van der Waals surface area contributed by atoms with E-state index in [1.165, 1.54) is 30.4 Å². The molecule has 1 saturated heterocycles. The minimum absolute atomic E-state index is 0.158. The van der Waals surface area contributed by atoms with Crippen molar-refractivity contribution in [2.45, 2.75) is 56.1 Å². The van der Waals surface area contributed by atoms with E-state index in [9.17, 15) is 0 Å². The molecule has 3 aliphatic rings. The molecule has 3 nitrogen and oxygen atoms in total. The molecular formula is C21H28O3. The van der Waals surface area contributed by atoms with E-state index in [1.54, 1.807) is 7.11 Å². The van der Waals surface area contributed by atoms with E-state index >= 15 is 0 Å². The number of hydrogen-bond donors (Lipinski definition) is 0. The maximum absolute atomic E-state index is 6.50. The zero-order valence-electron chi connectivity index (χ0n) is 14.8. The van der Waals surface area contributed by atoms with Gasteiger partial charge in [-0.2, -0.15) is 0 Å². The summed E-state index contributed by atoms with van der Waals surface area (Å²) in [5, 5.41) is 0. The van der Waals surface area contributed by atoms with E-state index < -0.39 is 0 Å². The van der Waals surface area contributed by atoms with E-state index in [0.717, 1.165) is 12.2 Å². The summed E-state index contributed by atoms with van der Waals surface area (Å²) in [5.74, 6) is 2.31. The highest BCUT2D eigenvalue weighted by Gasteiger charge is 2.55. The normalized spacial score (nSPS) is 37.8. The summed E-state index contributed by atoms with van der Waals surface area (Å²) < 4.78 is 18.4. The molecule has 3 heteroatoms. The number of rotatable bonds is 3.